The van der Waals surface area contributed by atoms with Gasteiger partial charge in [-0.15, -0.1) is 5.10 Å². The summed E-state index contributed by atoms with van der Waals surface area (Å²) in [5, 5.41) is 14.6. The summed E-state index contributed by atoms with van der Waals surface area (Å²) in [6.45, 7) is 1.78. The minimum absolute atomic E-state index is 0.0622. The Labute approximate surface area is 222 Å². The summed E-state index contributed by atoms with van der Waals surface area (Å²) in [5.41, 5.74) is 9.43. The first-order valence-electron chi connectivity index (χ1n) is 12.5. The number of fused-ring (bicyclic) bond motifs is 2. The molecule has 0 spiro atoms. The maximum absolute atomic E-state index is 14.1. The molecule has 0 saturated heterocycles. The van der Waals surface area contributed by atoms with Gasteiger partial charge in [-0.2, -0.15) is 5.10 Å². The predicted molar refractivity (Wildman–Crippen MR) is 147 cm³/mol. The quantitative estimate of drug-likeness (QED) is 0.293. The molecule has 194 valence electrons. The number of carbonyl (C=O) groups excluding carboxylic acids is 1. The number of carbonyl (C=O) groups is 1. The molecule has 39 heavy (non-hydrogen) atoms. The van der Waals surface area contributed by atoms with E-state index in [0.717, 1.165) is 11.3 Å². The number of aryl methyl sites for hydroxylation is 2. The predicted octanol–water partition coefficient (Wildman–Crippen LogP) is 3.01. The second-order valence-corrected chi connectivity index (χ2v) is 9.18. The number of para-hydroxylation sites is 1. The summed E-state index contributed by atoms with van der Waals surface area (Å²) >= 11 is 0. The Morgan fingerprint density at radius 3 is 2.69 bits per heavy atom. The Bertz CT molecular complexity index is 1860. The summed E-state index contributed by atoms with van der Waals surface area (Å²) in [4.78, 5) is 36.6. The van der Waals surface area contributed by atoms with Crippen LogP contribution in [0.1, 0.15) is 40.4 Å². The van der Waals surface area contributed by atoms with E-state index >= 15 is 0 Å². The third-order valence-corrected chi connectivity index (χ3v) is 6.63. The van der Waals surface area contributed by atoms with E-state index in [-0.39, 0.29) is 16.9 Å². The summed E-state index contributed by atoms with van der Waals surface area (Å²) in [6, 6.07) is 17.9. The molecule has 11 nitrogen and oxygen atoms in total. The van der Waals surface area contributed by atoms with Crippen LogP contribution in [0.25, 0.3) is 22.2 Å². The molecule has 4 heterocycles. The maximum Gasteiger partial charge on any atom is 0.266 e. The van der Waals surface area contributed by atoms with E-state index in [4.69, 9.17) is 10.7 Å². The van der Waals surface area contributed by atoms with E-state index in [9.17, 15) is 9.59 Å². The highest BCUT2D eigenvalue weighted by Gasteiger charge is 2.25. The molecule has 1 unspecified atom stereocenters. The number of anilines is 1. The third-order valence-electron chi connectivity index (χ3n) is 6.63. The molecule has 6 aromatic rings. The molecule has 0 aliphatic rings. The number of H-pyrrole nitrogens is 1. The molecule has 0 radical (unpaired) electrons. The number of nitrogens with two attached hydrogens (primary N) is 1. The molecule has 0 bridgehead atoms. The van der Waals surface area contributed by atoms with Crippen molar-refractivity contribution < 1.29 is 4.79 Å². The largest absolute Gasteiger partial charge is 0.381 e. The topological polar surface area (TPSA) is 149 Å². The number of nitrogens with zero attached hydrogens (tertiary/aromatic N) is 6. The second-order valence-electron chi connectivity index (χ2n) is 9.18. The summed E-state index contributed by atoms with van der Waals surface area (Å²) in [6.07, 6.45) is 6.28. The number of nitrogen functional groups attached to an aromatic ring is 1. The van der Waals surface area contributed by atoms with Crippen LogP contribution in [-0.4, -0.2) is 40.3 Å². The van der Waals surface area contributed by atoms with Crippen LogP contribution >= 0.6 is 0 Å². The van der Waals surface area contributed by atoms with Crippen molar-refractivity contribution in [1.29, 1.82) is 0 Å². The molecule has 1 amide bonds. The number of aromatic amines is 1. The first kappa shape index (κ1) is 24.0. The van der Waals surface area contributed by atoms with Gasteiger partial charge in [0.05, 0.1) is 22.6 Å². The van der Waals surface area contributed by atoms with Crippen molar-refractivity contribution in [3.05, 3.63) is 112 Å². The van der Waals surface area contributed by atoms with Crippen LogP contribution < -0.4 is 16.6 Å². The number of amides is 1. The highest BCUT2D eigenvalue weighted by atomic mass is 16.2. The van der Waals surface area contributed by atoms with Gasteiger partial charge in [0.25, 0.3) is 11.5 Å². The lowest BCUT2D eigenvalue weighted by atomic mass is 10.0. The highest BCUT2D eigenvalue weighted by molar-refractivity contribution is 6.04. The molecule has 0 fully saturated rings. The second kappa shape index (κ2) is 9.86. The van der Waals surface area contributed by atoms with E-state index in [1.165, 1.54) is 4.52 Å². The van der Waals surface area contributed by atoms with Gasteiger partial charge in [-0.05, 0) is 55.7 Å². The van der Waals surface area contributed by atoms with Crippen molar-refractivity contribution >= 4 is 28.3 Å². The van der Waals surface area contributed by atoms with Crippen molar-refractivity contribution in [2.45, 2.75) is 25.8 Å². The zero-order valence-corrected chi connectivity index (χ0v) is 21.1. The molecule has 0 saturated carbocycles. The van der Waals surface area contributed by atoms with Crippen molar-refractivity contribution in [1.82, 2.24) is 39.7 Å². The molecule has 0 aliphatic heterocycles. The van der Waals surface area contributed by atoms with Gasteiger partial charge in [0, 0.05) is 24.3 Å². The van der Waals surface area contributed by atoms with E-state index in [1.807, 2.05) is 54.6 Å². The minimum atomic E-state index is -0.651. The number of benzene rings is 2. The fourth-order valence-corrected chi connectivity index (χ4v) is 4.79. The van der Waals surface area contributed by atoms with Gasteiger partial charge in [0.2, 0.25) is 0 Å². The lowest BCUT2D eigenvalue weighted by Crippen LogP contribution is -2.33. The van der Waals surface area contributed by atoms with Gasteiger partial charge in [-0.1, -0.05) is 30.3 Å². The fraction of sp³-hybridized carbons (Fsp3) is 0.143. The molecular weight excluding hydrogens is 494 g/mol. The zero-order chi connectivity index (χ0) is 26.9. The lowest BCUT2D eigenvalue weighted by molar-refractivity contribution is 0.0940. The molecule has 4 aromatic heterocycles. The third kappa shape index (κ3) is 4.39. The van der Waals surface area contributed by atoms with Gasteiger partial charge in [0.15, 0.2) is 11.5 Å². The molecule has 1 atom stereocenters. The molecule has 2 aromatic carbocycles. The average molecular weight is 520 g/mol. The highest BCUT2D eigenvalue weighted by Crippen LogP contribution is 2.23. The number of aromatic nitrogens is 7. The summed E-state index contributed by atoms with van der Waals surface area (Å²) < 4.78 is 3.01. The van der Waals surface area contributed by atoms with E-state index in [0.29, 0.717) is 40.9 Å². The lowest BCUT2D eigenvalue weighted by Gasteiger charge is -2.20. The molecule has 6 rings (SSSR count). The minimum Gasteiger partial charge on any atom is -0.381 e. The van der Waals surface area contributed by atoms with Crippen LogP contribution in [-0.2, 0) is 12.8 Å². The number of hydrogen-bond donors (Lipinski definition) is 3. The van der Waals surface area contributed by atoms with Gasteiger partial charge in [-0.25, -0.2) is 14.5 Å². The van der Waals surface area contributed by atoms with Crippen LogP contribution in [0.4, 0.5) is 5.82 Å². The first-order chi connectivity index (χ1) is 19.0. The Balaban J connectivity index is 1.44. The zero-order valence-electron chi connectivity index (χ0n) is 21.1. The first-order valence-corrected chi connectivity index (χ1v) is 12.5. The van der Waals surface area contributed by atoms with Crippen molar-refractivity contribution in [3.63, 3.8) is 0 Å². The standard InChI is InChI=1S/C28H25N9O2/c1-17(32-27(38)23-24(29)35-36-16-6-14-30-26(23)36)25-33-21-10-5-7-18(11-12-19-13-15-31-34-19)22(21)28(39)37(25)20-8-3-2-4-9-20/h2-10,13-17H,11-12H2,1H3,(H2,29,35)(H,31,34)(H,32,38). The van der Waals surface area contributed by atoms with Crippen molar-refractivity contribution in [2.75, 3.05) is 5.73 Å². The average Bonchev–Trinajstić information content (AvgIpc) is 3.59. The fourth-order valence-electron chi connectivity index (χ4n) is 4.79. The molecular formula is C28H25N9O2. The monoisotopic (exact) mass is 519 g/mol. The Morgan fingerprint density at radius 2 is 1.90 bits per heavy atom. The van der Waals surface area contributed by atoms with Crippen molar-refractivity contribution in [2.24, 2.45) is 0 Å². The SMILES string of the molecule is CC(NC(=O)c1c(N)nn2cccnc12)c1nc2cccc(CCc3ccn[nH]3)c2c(=O)n1-c1ccccc1. The summed E-state index contributed by atoms with van der Waals surface area (Å²) in [7, 11) is 0. The number of hydrogen-bond acceptors (Lipinski definition) is 7. The van der Waals surface area contributed by atoms with E-state index < -0.39 is 11.9 Å². The van der Waals surface area contributed by atoms with Gasteiger partial charge >= 0.3 is 0 Å². The molecule has 11 heteroatoms. The van der Waals surface area contributed by atoms with Crippen LogP contribution in [0.2, 0.25) is 0 Å². The van der Waals surface area contributed by atoms with Crippen LogP contribution in [0.15, 0.2) is 84.0 Å². The Hall–Kier alpha value is -5.32. The normalized spacial score (nSPS) is 12.1. The Morgan fingerprint density at radius 1 is 1.05 bits per heavy atom. The van der Waals surface area contributed by atoms with Crippen LogP contribution in [0.3, 0.4) is 0 Å². The van der Waals surface area contributed by atoms with Gasteiger partial charge < -0.3 is 11.1 Å². The number of rotatable bonds is 7. The number of nitrogens with one attached hydrogen (secondary N) is 2. The van der Waals surface area contributed by atoms with E-state index in [2.05, 4.69) is 25.6 Å². The van der Waals surface area contributed by atoms with Gasteiger partial charge in [-0.3, -0.25) is 19.3 Å². The maximum atomic E-state index is 14.1. The summed E-state index contributed by atoms with van der Waals surface area (Å²) in [5.74, 6) is -0.0102. The van der Waals surface area contributed by atoms with E-state index in [1.54, 1.807) is 36.1 Å². The van der Waals surface area contributed by atoms with Gasteiger partial charge in [0.1, 0.15) is 11.4 Å². The van der Waals surface area contributed by atoms with Crippen LogP contribution in [0.5, 0.6) is 0 Å². The molecule has 4 N–H and O–H groups in total. The van der Waals surface area contributed by atoms with Crippen molar-refractivity contribution in [3.8, 4) is 5.69 Å². The Kier molecular flexibility index (Phi) is 6.08. The van der Waals surface area contributed by atoms with Crippen LogP contribution in [0, 0.1) is 0 Å². The molecule has 0 aliphatic carbocycles. The smallest absolute Gasteiger partial charge is 0.266 e.